The lowest BCUT2D eigenvalue weighted by Crippen LogP contribution is -2.20. The monoisotopic (exact) mass is 498 g/mol. The Hall–Kier alpha value is -3.51. The number of para-hydroxylation sites is 1. The SMILES string of the molecule is Cc1cccc(Cn2c(C)c(C=Nn3c(C)nc4ccc(Br)cc4c3=O)c3ccccc32)c1. The molecule has 0 amide bonds. The summed E-state index contributed by atoms with van der Waals surface area (Å²) in [5.74, 6) is 0.548. The summed E-state index contributed by atoms with van der Waals surface area (Å²) in [5, 5.41) is 6.23. The quantitative estimate of drug-likeness (QED) is 0.286. The summed E-state index contributed by atoms with van der Waals surface area (Å²) in [6, 6.07) is 22.4. The fourth-order valence-corrected chi connectivity index (χ4v) is 4.69. The van der Waals surface area contributed by atoms with Crippen LogP contribution in [-0.4, -0.2) is 20.4 Å². The summed E-state index contributed by atoms with van der Waals surface area (Å²) in [6.45, 7) is 6.78. The lowest BCUT2D eigenvalue weighted by atomic mass is 10.1. The smallest absolute Gasteiger partial charge is 0.282 e. The largest absolute Gasteiger partial charge is 0.340 e. The average Bonchev–Trinajstić information content (AvgIpc) is 3.05. The van der Waals surface area contributed by atoms with Crippen molar-refractivity contribution >= 4 is 44.0 Å². The number of rotatable bonds is 4. The maximum atomic E-state index is 13.1. The third-order valence-corrected chi connectivity index (χ3v) is 6.47. The van der Waals surface area contributed by atoms with E-state index in [0.29, 0.717) is 16.7 Å². The zero-order chi connectivity index (χ0) is 23.1. The van der Waals surface area contributed by atoms with Gasteiger partial charge in [-0.1, -0.05) is 64.0 Å². The topological polar surface area (TPSA) is 52.2 Å². The number of aryl methyl sites for hydroxylation is 2. The van der Waals surface area contributed by atoms with Crippen LogP contribution in [0.5, 0.6) is 0 Å². The maximum absolute atomic E-state index is 13.1. The van der Waals surface area contributed by atoms with Crippen molar-refractivity contribution in [1.29, 1.82) is 0 Å². The normalized spacial score (nSPS) is 11.8. The molecule has 0 N–H and O–H groups in total. The van der Waals surface area contributed by atoms with Crippen LogP contribution in [0, 0.1) is 20.8 Å². The van der Waals surface area contributed by atoms with Crippen LogP contribution >= 0.6 is 15.9 Å². The molecule has 5 aromatic rings. The summed E-state index contributed by atoms with van der Waals surface area (Å²) in [7, 11) is 0. The minimum Gasteiger partial charge on any atom is -0.340 e. The molecular weight excluding hydrogens is 476 g/mol. The van der Waals surface area contributed by atoms with Crippen molar-refractivity contribution in [2.45, 2.75) is 27.3 Å². The van der Waals surface area contributed by atoms with Crippen LogP contribution in [-0.2, 0) is 6.54 Å². The molecule has 0 atom stereocenters. The average molecular weight is 499 g/mol. The molecule has 0 unspecified atom stereocenters. The van der Waals surface area contributed by atoms with Gasteiger partial charge in [0.05, 0.1) is 17.1 Å². The molecule has 0 saturated heterocycles. The van der Waals surface area contributed by atoms with Gasteiger partial charge in [0, 0.05) is 33.2 Å². The van der Waals surface area contributed by atoms with E-state index in [2.05, 4.69) is 86.9 Å². The van der Waals surface area contributed by atoms with Crippen LogP contribution in [0.15, 0.2) is 81.1 Å². The van der Waals surface area contributed by atoms with Crippen LogP contribution in [0.1, 0.15) is 28.2 Å². The van der Waals surface area contributed by atoms with E-state index >= 15 is 0 Å². The summed E-state index contributed by atoms with van der Waals surface area (Å²) >= 11 is 3.44. The molecule has 2 aromatic heterocycles. The Bertz CT molecular complexity index is 1610. The molecule has 0 bridgehead atoms. The Labute approximate surface area is 200 Å². The first kappa shape index (κ1) is 21.3. The Morgan fingerprint density at radius 3 is 2.61 bits per heavy atom. The third kappa shape index (κ3) is 3.91. The van der Waals surface area contributed by atoms with Gasteiger partial charge in [-0.3, -0.25) is 4.79 Å². The number of halogens is 1. The summed E-state index contributed by atoms with van der Waals surface area (Å²) in [6.07, 6.45) is 1.78. The van der Waals surface area contributed by atoms with Gasteiger partial charge in [0.2, 0.25) is 0 Å². The molecule has 164 valence electrons. The minimum absolute atomic E-state index is 0.184. The zero-order valence-electron chi connectivity index (χ0n) is 18.7. The van der Waals surface area contributed by atoms with E-state index in [1.165, 1.54) is 15.8 Å². The van der Waals surface area contributed by atoms with E-state index in [9.17, 15) is 4.79 Å². The number of hydrogen-bond acceptors (Lipinski definition) is 3. The predicted octanol–water partition coefficient (Wildman–Crippen LogP) is 5.97. The van der Waals surface area contributed by atoms with Crippen molar-refractivity contribution in [1.82, 2.24) is 14.2 Å². The summed E-state index contributed by atoms with van der Waals surface area (Å²) < 4.78 is 4.51. The highest BCUT2D eigenvalue weighted by Gasteiger charge is 2.14. The second-order valence-electron chi connectivity index (χ2n) is 8.27. The molecule has 33 heavy (non-hydrogen) atoms. The number of aromatic nitrogens is 3. The molecule has 5 nitrogen and oxygen atoms in total. The number of nitrogens with zero attached hydrogens (tertiary/aromatic N) is 4. The molecule has 5 rings (SSSR count). The van der Waals surface area contributed by atoms with Crippen LogP contribution < -0.4 is 5.56 Å². The second-order valence-corrected chi connectivity index (χ2v) is 9.19. The summed E-state index contributed by atoms with van der Waals surface area (Å²) in [4.78, 5) is 17.7. The molecule has 6 heteroatoms. The van der Waals surface area contributed by atoms with Crippen molar-refractivity contribution in [2.75, 3.05) is 0 Å². The van der Waals surface area contributed by atoms with Crippen LogP contribution in [0.4, 0.5) is 0 Å². The van der Waals surface area contributed by atoms with Crippen molar-refractivity contribution in [2.24, 2.45) is 5.10 Å². The van der Waals surface area contributed by atoms with Gasteiger partial charge >= 0.3 is 0 Å². The predicted molar refractivity (Wildman–Crippen MR) is 138 cm³/mol. The van der Waals surface area contributed by atoms with Crippen molar-refractivity contribution in [3.05, 3.63) is 110 Å². The van der Waals surface area contributed by atoms with Gasteiger partial charge in [-0.05, 0) is 50.6 Å². The van der Waals surface area contributed by atoms with E-state index in [0.717, 1.165) is 33.2 Å². The molecule has 0 saturated carbocycles. The third-order valence-electron chi connectivity index (χ3n) is 5.98. The van der Waals surface area contributed by atoms with E-state index in [1.54, 1.807) is 19.2 Å². The van der Waals surface area contributed by atoms with Crippen LogP contribution in [0.2, 0.25) is 0 Å². The molecule has 0 spiro atoms. The van der Waals surface area contributed by atoms with Crippen molar-refractivity contribution in [3.63, 3.8) is 0 Å². The molecule has 0 fully saturated rings. The highest BCUT2D eigenvalue weighted by Crippen LogP contribution is 2.26. The Morgan fingerprint density at radius 1 is 0.970 bits per heavy atom. The van der Waals surface area contributed by atoms with Gasteiger partial charge in [-0.25, -0.2) is 4.98 Å². The minimum atomic E-state index is -0.184. The van der Waals surface area contributed by atoms with E-state index < -0.39 is 0 Å². The van der Waals surface area contributed by atoms with E-state index in [-0.39, 0.29) is 5.56 Å². The fraction of sp³-hybridized carbons (Fsp3) is 0.148. The Morgan fingerprint density at radius 2 is 1.79 bits per heavy atom. The van der Waals surface area contributed by atoms with Gasteiger partial charge in [0.15, 0.2) is 0 Å². The molecule has 3 aromatic carbocycles. The Kier molecular flexibility index (Phi) is 5.46. The standard InChI is InChI=1S/C27H23BrN4O/c1-17-7-6-8-20(13-17)16-31-18(2)24(22-9-4-5-10-26(22)31)15-29-32-19(3)30-25-12-11-21(28)14-23(25)27(32)33/h4-15H,16H2,1-3H3. The number of hydrogen-bond donors (Lipinski definition) is 0. The number of benzene rings is 3. The zero-order valence-corrected chi connectivity index (χ0v) is 20.3. The number of fused-ring (bicyclic) bond motifs is 2. The molecule has 0 aliphatic rings. The van der Waals surface area contributed by atoms with Gasteiger partial charge in [0.1, 0.15) is 5.82 Å². The van der Waals surface area contributed by atoms with Crippen molar-refractivity contribution in [3.8, 4) is 0 Å². The van der Waals surface area contributed by atoms with E-state index in [1.807, 2.05) is 18.2 Å². The van der Waals surface area contributed by atoms with Gasteiger partial charge in [-0.2, -0.15) is 9.78 Å². The van der Waals surface area contributed by atoms with E-state index in [4.69, 9.17) is 0 Å². The first-order valence-electron chi connectivity index (χ1n) is 10.8. The van der Waals surface area contributed by atoms with Gasteiger partial charge in [-0.15, -0.1) is 0 Å². The lowest BCUT2D eigenvalue weighted by molar-refractivity contribution is 0.769. The highest BCUT2D eigenvalue weighted by molar-refractivity contribution is 9.10. The molecule has 0 aliphatic heterocycles. The highest BCUT2D eigenvalue weighted by atomic mass is 79.9. The summed E-state index contributed by atoms with van der Waals surface area (Å²) in [5.41, 5.74) is 6.21. The second kappa shape index (κ2) is 8.45. The Balaban J connectivity index is 1.63. The first-order valence-corrected chi connectivity index (χ1v) is 11.6. The van der Waals surface area contributed by atoms with Gasteiger partial charge in [0.25, 0.3) is 5.56 Å². The van der Waals surface area contributed by atoms with Crippen LogP contribution in [0.3, 0.4) is 0 Å². The first-order chi connectivity index (χ1) is 15.9. The molecule has 2 heterocycles. The molecule has 0 aliphatic carbocycles. The lowest BCUT2D eigenvalue weighted by Gasteiger charge is -2.09. The van der Waals surface area contributed by atoms with Crippen LogP contribution in [0.25, 0.3) is 21.8 Å². The van der Waals surface area contributed by atoms with Gasteiger partial charge < -0.3 is 4.57 Å². The maximum Gasteiger partial charge on any atom is 0.282 e. The van der Waals surface area contributed by atoms with Crippen molar-refractivity contribution < 1.29 is 0 Å². The molecule has 0 radical (unpaired) electrons. The fourth-order valence-electron chi connectivity index (χ4n) is 4.33. The molecular formula is C27H23BrN4O.